The Bertz CT molecular complexity index is 2470. The number of aliphatic hydroxyl groups is 1. The molecule has 17 nitrogen and oxygen atoms in total. The summed E-state index contributed by atoms with van der Waals surface area (Å²) in [5.41, 5.74) is 5.77. The first-order valence-corrected chi connectivity index (χ1v) is 24.4. The molecule has 0 aliphatic carbocycles. The van der Waals surface area contributed by atoms with Gasteiger partial charge in [-0.3, -0.25) is 24.4 Å². The number of carbonyl (C=O) groups is 5. The van der Waals surface area contributed by atoms with Crippen LogP contribution < -0.4 is 10.7 Å². The van der Waals surface area contributed by atoms with Crippen LogP contribution in [0.3, 0.4) is 0 Å². The standard InChI is InChI=1S/C50H69N9O8S/c1-12-34(42(51-14-3)32(7)66-11)44-36-28-49(8,9)30-67-47(63)50(65)20-16-23-59(54-50)46(62)37(27-40-52-38(29-68-40)33-18-19-39(35(36)26-33)58(44)15-4)53-45(61)43(31(5)6)55(10)48(64)57-22-17-21-56(24-25-57)41(60)13-2/h12-14,18-19,26,29,31-32,37,43,54,65H,1-2,15-17,20-25,27-28,30H2,3-11H3,(H,53,61)/b42-34+,51-14-/t32-,37-,43-,50-/m0/s1. The number of urea groups is 1. The Labute approximate surface area is 403 Å². The number of esters is 1. The van der Waals surface area contributed by atoms with Gasteiger partial charge >= 0.3 is 12.0 Å². The first kappa shape index (κ1) is 51.7. The number of hydrogen-bond donors (Lipinski definition) is 3. The van der Waals surface area contributed by atoms with E-state index < -0.39 is 41.0 Å². The number of hydrogen-bond acceptors (Lipinski definition) is 12. The second-order valence-corrected chi connectivity index (χ2v) is 19.8. The smallest absolute Gasteiger partial charge is 0.355 e. The van der Waals surface area contributed by atoms with Crippen LogP contribution in [0, 0.1) is 11.3 Å². The minimum atomic E-state index is -2.25. The number of aliphatic imine (C=N–C) groups is 1. The summed E-state index contributed by atoms with van der Waals surface area (Å²) in [6, 6.07) is 3.61. The summed E-state index contributed by atoms with van der Waals surface area (Å²) in [4.78, 5) is 84.1. The van der Waals surface area contributed by atoms with Gasteiger partial charge in [0.15, 0.2) is 0 Å². The van der Waals surface area contributed by atoms with Crippen LogP contribution in [0.4, 0.5) is 4.79 Å². The SMILES string of the molecule is C=CC(=O)N1CCCN(C(=O)N(C)[C@H](C(=O)N[C@H]2Cc3nc(cs3)-c3ccc4c(c3)c(c(/C(C=C)=C(/N=C\C)[C@H](C)OC)n4CC)CC(C)(C)COC(=O)[C@@]3(O)CCCN(N3)C2=O)C(C)C)CC1. The van der Waals surface area contributed by atoms with Crippen molar-refractivity contribution in [3.05, 3.63) is 70.9 Å². The first-order valence-electron chi connectivity index (χ1n) is 23.5. The molecule has 2 fully saturated rings. The molecule has 0 spiro atoms. The number of nitrogens with zero attached hydrogens (tertiary/aromatic N) is 7. The van der Waals surface area contributed by atoms with Gasteiger partial charge in [-0.1, -0.05) is 53.0 Å². The number of thiazole rings is 1. The van der Waals surface area contributed by atoms with Crippen LogP contribution in [0.2, 0.25) is 0 Å². The van der Waals surface area contributed by atoms with E-state index in [0.717, 1.165) is 33.3 Å². The third-order valence-corrected chi connectivity index (χ3v) is 13.9. The fraction of sp³-hybridized carbons (Fsp3) is 0.540. The number of aromatic nitrogens is 2. The minimum absolute atomic E-state index is 0.0238. The molecule has 5 amide bonds. The van der Waals surface area contributed by atoms with Gasteiger partial charge < -0.3 is 39.2 Å². The van der Waals surface area contributed by atoms with Crippen molar-refractivity contribution in [2.24, 2.45) is 16.3 Å². The van der Waals surface area contributed by atoms with Gasteiger partial charge in [-0.2, -0.15) is 5.43 Å². The molecule has 0 saturated carbocycles. The fourth-order valence-electron chi connectivity index (χ4n) is 9.50. The van der Waals surface area contributed by atoms with Crippen molar-refractivity contribution < 1.29 is 38.6 Å². The third-order valence-electron chi connectivity index (χ3n) is 13.0. The number of allylic oxidation sites excluding steroid dienone is 2. The number of rotatable bonds is 11. The van der Waals surface area contributed by atoms with Gasteiger partial charge in [0.05, 0.1) is 34.8 Å². The number of benzene rings is 1. The number of cyclic esters (lactones) is 1. The van der Waals surface area contributed by atoms with Crippen LogP contribution in [-0.4, -0.2) is 148 Å². The van der Waals surface area contributed by atoms with Crippen LogP contribution in [0.1, 0.15) is 84.0 Å². The average Bonchev–Trinajstić information content (AvgIpc) is 3.80. The van der Waals surface area contributed by atoms with Crippen molar-refractivity contribution in [2.45, 2.75) is 111 Å². The molecular weight excluding hydrogens is 887 g/mol. The number of carbonyl (C=O) groups excluding carboxylic acids is 5. The van der Waals surface area contributed by atoms with E-state index in [1.165, 1.54) is 27.3 Å². The number of fused-ring (bicyclic) bond motifs is 6. The van der Waals surface area contributed by atoms with Crippen molar-refractivity contribution in [1.29, 1.82) is 0 Å². The summed E-state index contributed by atoms with van der Waals surface area (Å²) < 4.78 is 14.0. The topological polar surface area (TPSA) is 191 Å². The normalized spacial score (nSPS) is 21.7. The number of amides is 5. The van der Waals surface area contributed by atoms with Crippen LogP contribution in [0.15, 0.2) is 59.6 Å². The fourth-order valence-corrected chi connectivity index (χ4v) is 10.4. The first-order chi connectivity index (χ1) is 32.3. The van der Waals surface area contributed by atoms with Gasteiger partial charge in [0, 0.05) is 105 Å². The summed E-state index contributed by atoms with van der Waals surface area (Å²) in [5, 5.41) is 19.5. The molecule has 68 heavy (non-hydrogen) atoms. The molecule has 6 rings (SSSR count). The molecule has 5 heterocycles. The second-order valence-electron chi connectivity index (χ2n) is 18.9. The molecule has 1 aromatic carbocycles. The van der Waals surface area contributed by atoms with Gasteiger partial charge in [0.1, 0.15) is 12.1 Å². The van der Waals surface area contributed by atoms with E-state index in [1.54, 1.807) is 30.2 Å². The Morgan fingerprint density at radius 3 is 2.49 bits per heavy atom. The highest BCUT2D eigenvalue weighted by molar-refractivity contribution is 7.10. The lowest BCUT2D eigenvalue weighted by Crippen LogP contribution is -2.67. The number of aryl methyl sites for hydroxylation is 1. The van der Waals surface area contributed by atoms with Crippen molar-refractivity contribution in [2.75, 3.05) is 53.5 Å². The third kappa shape index (κ3) is 10.9. The predicted octanol–water partition coefficient (Wildman–Crippen LogP) is 5.57. The van der Waals surface area contributed by atoms with E-state index in [9.17, 15) is 29.1 Å². The van der Waals surface area contributed by atoms with E-state index in [4.69, 9.17) is 19.5 Å². The highest BCUT2D eigenvalue weighted by Gasteiger charge is 2.46. The van der Waals surface area contributed by atoms with Crippen LogP contribution in [-0.2, 0) is 48.0 Å². The molecule has 6 bridgehead atoms. The lowest BCUT2D eigenvalue weighted by Gasteiger charge is -2.40. The largest absolute Gasteiger partial charge is 0.462 e. The molecule has 3 aliphatic heterocycles. The quantitative estimate of drug-likeness (QED) is 0.0948. The Balaban J connectivity index is 1.42. The number of ether oxygens (including phenoxy) is 2. The lowest BCUT2D eigenvalue weighted by molar-refractivity contribution is -0.189. The highest BCUT2D eigenvalue weighted by Crippen LogP contribution is 2.40. The van der Waals surface area contributed by atoms with Crippen molar-refractivity contribution in [3.8, 4) is 11.3 Å². The van der Waals surface area contributed by atoms with Gasteiger partial charge in [0.2, 0.25) is 17.5 Å². The second kappa shape index (κ2) is 21.7. The van der Waals surface area contributed by atoms with E-state index in [2.05, 4.69) is 47.5 Å². The Morgan fingerprint density at radius 1 is 1.10 bits per heavy atom. The zero-order chi connectivity index (χ0) is 49.7. The number of nitrogens with one attached hydrogen (secondary N) is 2. The lowest BCUT2D eigenvalue weighted by atomic mass is 9.84. The number of hydrazine groups is 1. The Hall–Kier alpha value is -5.69. The number of likely N-dealkylation sites (N-methyl/N-ethyl adjacent to an activating group) is 1. The van der Waals surface area contributed by atoms with Crippen molar-refractivity contribution in [3.63, 3.8) is 0 Å². The average molecular weight is 956 g/mol. The predicted molar refractivity (Wildman–Crippen MR) is 264 cm³/mol. The van der Waals surface area contributed by atoms with Crippen molar-refractivity contribution in [1.82, 2.24) is 40.0 Å². The molecular formula is C50H69N9O8S. The summed E-state index contributed by atoms with van der Waals surface area (Å²) in [6.07, 6.45) is 5.67. The molecule has 2 saturated heterocycles. The molecule has 2 aromatic heterocycles. The molecule has 3 aromatic rings. The van der Waals surface area contributed by atoms with E-state index in [-0.39, 0.29) is 62.9 Å². The van der Waals surface area contributed by atoms with E-state index in [1.807, 2.05) is 59.1 Å². The zero-order valence-corrected chi connectivity index (χ0v) is 41.9. The van der Waals surface area contributed by atoms with Gasteiger partial charge in [0.25, 0.3) is 5.91 Å². The summed E-state index contributed by atoms with van der Waals surface area (Å²) in [6.45, 7) is 23.5. The molecule has 3 N–H and O–H groups in total. The zero-order valence-electron chi connectivity index (χ0n) is 41.1. The molecule has 0 radical (unpaired) electrons. The minimum Gasteiger partial charge on any atom is -0.462 e. The van der Waals surface area contributed by atoms with Gasteiger partial charge in [-0.05, 0) is 69.7 Å². The van der Waals surface area contributed by atoms with Crippen molar-refractivity contribution >= 4 is 63.7 Å². The number of methoxy groups -OCH3 is 1. The maximum absolute atomic E-state index is 14.7. The van der Waals surface area contributed by atoms with Gasteiger partial charge in [-0.25, -0.2) is 14.6 Å². The van der Waals surface area contributed by atoms with Crippen LogP contribution in [0.25, 0.3) is 27.7 Å². The Morgan fingerprint density at radius 2 is 1.82 bits per heavy atom. The highest BCUT2D eigenvalue weighted by atomic mass is 32.1. The van der Waals surface area contributed by atoms with Gasteiger partial charge in [-0.15, -0.1) is 11.3 Å². The maximum atomic E-state index is 14.7. The Kier molecular flexibility index (Phi) is 16.5. The monoisotopic (exact) mass is 955 g/mol. The maximum Gasteiger partial charge on any atom is 0.355 e. The van der Waals surface area contributed by atoms with E-state index in [0.29, 0.717) is 55.4 Å². The van der Waals surface area contributed by atoms with Crippen LogP contribution >= 0.6 is 11.3 Å². The molecule has 3 aliphatic rings. The van der Waals surface area contributed by atoms with E-state index >= 15 is 0 Å². The summed E-state index contributed by atoms with van der Waals surface area (Å²) >= 11 is 1.35. The summed E-state index contributed by atoms with van der Waals surface area (Å²) in [5.74, 6) is -2.67. The summed E-state index contributed by atoms with van der Waals surface area (Å²) in [7, 11) is 3.21. The molecule has 18 heteroatoms. The molecule has 4 atom stereocenters. The molecule has 0 unspecified atom stereocenters. The molecule has 368 valence electrons. The van der Waals surface area contributed by atoms with Crippen LogP contribution in [0.5, 0.6) is 0 Å².